The highest BCUT2D eigenvalue weighted by atomic mass is 79.9. The Labute approximate surface area is 115 Å². The highest BCUT2D eigenvalue weighted by molar-refractivity contribution is 9.10. The van der Waals surface area contributed by atoms with Crippen LogP contribution in [0.2, 0.25) is 0 Å². The summed E-state index contributed by atoms with van der Waals surface area (Å²) in [5.74, 6) is -0.0334. The summed E-state index contributed by atoms with van der Waals surface area (Å²) in [6.07, 6.45) is 0. The SMILES string of the molecule is CNC(C)C(=O)Nc1ccc2cc(Br)ccc2c1. The van der Waals surface area contributed by atoms with Crippen LogP contribution in [-0.4, -0.2) is 19.0 Å². The molecule has 0 saturated carbocycles. The molecule has 2 rings (SSSR count). The zero-order chi connectivity index (χ0) is 13.1. The van der Waals surface area contributed by atoms with Gasteiger partial charge in [0, 0.05) is 10.2 Å². The Balaban J connectivity index is 2.25. The number of hydrogen-bond donors (Lipinski definition) is 2. The fraction of sp³-hybridized carbons (Fsp3) is 0.214. The van der Waals surface area contributed by atoms with Crippen LogP contribution >= 0.6 is 15.9 Å². The van der Waals surface area contributed by atoms with Gasteiger partial charge in [-0.25, -0.2) is 0 Å². The molecule has 0 aliphatic heterocycles. The molecule has 0 saturated heterocycles. The van der Waals surface area contributed by atoms with Crippen molar-refractivity contribution < 1.29 is 4.79 Å². The molecule has 0 fully saturated rings. The summed E-state index contributed by atoms with van der Waals surface area (Å²) in [6, 6.07) is 11.7. The average Bonchev–Trinajstić information content (AvgIpc) is 2.38. The Kier molecular flexibility index (Phi) is 3.99. The average molecular weight is 307 g/mol. The van der Waals surface area contributed by atoms with Gasteiger partial charge in [-0.1, -0.05) is 28.1 Å². The van der Waals surface area contributed by atoms with E-state index in [-0.39, 0.29) is 11.9 Å². The van der Waals surface area contributed by atoms with Gasteiger partial charge in [-0.15, -0.1) is 0 Å². The first-order chi connectivity index (χ1) is 8.60. The number of nitrogens with one attached hydrogen (secondary N) is 2. The van der Waals surface area contributed by atoms with Gasteiger partial charge in [0.05, 0.1) is 6.04 Å². The number of halogens is 1. The van der Waals surface area contributed by atoms with E-state index in [0.29, 0.717) is 0 Å². The van der Waals surface area contributed by atoms with Gasteiger partial charge in [-0.05, 0) is 49.0 Å². The smallest absolute Gasteiger partial charge is 0.241 e. The van der Waals surface area contributed by atoms with E-state index in [1.165, 1.54) is 0 Å². The number of anilines is 1. The molecule has 0 aliphatic carbocycles. The monoisotopic (exact) mass is 306 g/mol. The molecule has 0 heterocycles. The Bertz CT molecular complexity index is 583. The third-order valence-electron chi connectivity index (χ3n) is 2.90. The van der Waals surface area contributed by atoms with Crippen LogP contribution in [-0.2, 0) is 4.79 Å². The molecule has 2 aromatic rings. The molecule has 1 amide bonds. The molecule has 1 unspecified atom stereocenters. The summed E-state index contributed by atoms with van der Waals surface area (Å²) in [5, 5.41) is 8.04. The largest absolute Gasteiger partial charge is 0.325 e. The summed E-state index contributed by atoms with van der Waals surface area (Å²) in [7, 11) is 1.77. The van der Waals surface area contributed by atoms with E-state index in [4.69, 9.17) is 0 Å². The van der Waals surface area contributed by atoms with Crippen molar-refractivity contribution in [3.8, 4) is 0 Å². The predicted octanol–water partition coefficient (Wildman–Crippen LogP) is 3.15. The van der Waals surface area contributed by atoms with Gasteiger partial charge >= 0.3 is 0 Å². The Morgan fingerprint density at radius 2 is 1.83 bits per heavy atom. The van der Waals surface area contributed by atoms with Gasteiger partial charge in [0.1, 0.15) is 0 Å². The van der Waals surface area contributed by atoms with Crippen LogP contribution < -0.4 is 10.6 Å². The molecule has 0 aliphatic rings. The molecule has 2 N–H and O–H groups in total. The summed E-state index contributed by atoms with van der Waals surface area (Å²) >= 11 is 3.44. The van der Waals surface area contributed by atoms with Crippen molar-refractivity contribution in [3.63, 3.8) is 0 Å². The van der Waals surface area contributed by atoms with E-state index in [1.54, 1.807) is 7.05 Å². The molecule has 1 atom stereocenters. The summed E-state index contributed by atoms with van der Waals surface area (Å²) < 4.78 is 1.05. The zero-order valence-electron chi connectivity index (χ0n) is 10.3. The van der Waals surface area contributed by atoms with Crippen LogP contribution in [0.4, 0.5) is 5.69 Å². The maximum Gasteiger partial charge on any atom is 0.241 e. The van der Waals surface area contributed by atoms with Crippen LogP contribution in [0.1, 0.15) is 6.92 Å². The van der Waals surface area contributed by atoms with Crippen molar-refractivity contribution in [1.82, 2.24) is 5.32 Å². The molecular weight excluding hydrogens is 292 g/mol. The van der Waals surface area contributed by atoms with Crippen molar-refractivity contribution in [2.75, 3.05) is 12.4 Å². The van der Waals surface area contributed by atoms with Crippen LogP contribution in [0.3, 0.4) is 0 Å². The van der Waals surface area contributed by atoms with Gasteiger partial charge in [0.15, 0.2) is 0 Å². The minimum atomic E-state index is -0.203. The fourth-order valence-electron chi connectivity index (χ4n) is 1.68. The predicted molar refractivity (Wildman–Crippen MR) is 78.8 cm³/mol. The first-order valence-corrected chi connectivity index (χ1v) is 6.57. The van der Waals surface area contributed by atoms with E-state index < -0.39 is 0 Å². The van der Waals surface area contributed by atoms with Gasteiger partial charge < -0.3 is 10.6 Å². The molecule has 0 spiro atoms. The molecule has 4 heteroatoms. The maximum absolute atomic E-state index is 11.8. The molecule has 2 aromatic carbocycles. The number of likely N-dealkylation sites (N-methyl/N-ethyl adjacent to an activating group) is 1. The number of fused-ring (bicyclic) bond motifs is 1. The second kappa shape index (κ2) is 5.50. The van der Waals surface area contributed by atoms with E-state index in [2.05, 4.69) is 32.6 Å². The highest BCUT2D eigenvalue weighted by Crippen LogP contribution is 2.22. The lowest BCUT2D eigenvalue weighted by Crippen LogP contribution is -2.35. The minimum absolute atomic E-state index is 0.0334. The summed E-state index contributed by atoms with van der Waals surface area (Å²) in [5.41, 5.74) is 0.817. The number of carbonyl (C=O) groups excluding carboxylic acids is 1. The van der Waals surface area contributed by atoms with E-state index >= 15 is 0 Å². The molecule has 0 aromatic heterocycles. The Hall–Kier alpha value is -1.39. The highest BCUT2D eigenvalue weighted by Gasteiger charge is 2.10. The Morgan fingerprint density at radius 3 is 2.56 bits per heavy atom. The molecule has 18 heavy (non-hydrogen) atoms. The summed E-state index contributed by atoms with van der Waals surface area (Å²) in [4.78, 5) is 11.8. The normalized spacial score (nSPS) is 12.4. The molecule has 94 valence electrons. The van der Waals surface area contributed by atoms with Gasteiger partial charge in [0.25, 0.3) is 0 Å². The second-order valence-corrected chi connectivity index (χ2v) is 5.12. The molecule has 0 bridgehead atoms. The lowest BCUT2D eigenvalue weighted by Gasteiger charge is -2.11. The van der Waals surface area contributed by atoms with E-state index in [0.717, 1.165) is 20.9 Å². The van der Waals surface area contributed by atoms with Crippen molar-refractivity contribution in [2.45, 2.75) is 13.0 Å². The lowest BCUT2D eigenvalue weighted by atomic mass is 10.1. The number of carbonyl (C=O) groups is 1. The lowest BCUT2D eigenvalue weighted by molar-refractivity contribution is -0.117. The van der Waals surface area contributed by atoms with E-state index in [1.807, 2.05) is 37.3 Å². The second-order valence-electron chi connectivity index (χ2n) is 4.21. The quantitative estimate of drug-likeness (QED) is 0.914. The number of hydrogen-bond acceptors (Lipinski definition) is 2. The number of amides is 1. The number of benzene rings is 2. The molecule has 3 nitrogen and oxygen atoms in total. The van der Waals surface area contributed by atoms with Crippen LogP contribution in [0.15, 0.2) is 40.9 Å². The maximum atomic E-state index is 11.8. The van der Waals surface area contributed by atoms with Crippen molar-refractivity contribution in [3.05, 3.63) is 40.9 Å². The topological polar surface area (TPSA) is 41.1 Å². The van der Waals surface area contributed by atoms with Crippen LogP contribution in [0.25, 0.3) is 10.8 Å². The fourth-order valence-corrected chi connectivity index (χ4v) is 2.05. The first-order valence-electron chi connectivity index (χ1n) is 5.77. The third-order valence-corrected chi connectivity index (χ3v) is 3.39. The molecule has 0 radical (unpaired) electrons. The van der Waals surface area contributed by atoms with Crippen LogP contribution in [0, 0.1) is 0 Å². The first kappa shape index (κ1) is 13.1. The van der Waals surface area contributed by atoms with Crippen molar-refractivity contribution in [1.29, 1.82) is 0 Å². The zero-order valence-corrected chi connectivity index (χ0v) is 11.9. The molecular formula is C14H15BrN2O. The standard InChI is InChI=1S/C14H15BrN2O/c1-9(16-2)14(18)17-13-6-4-10-7-12(15)5-3-11(10)8-13/h3-9,16H,1-2H3,(H,17,18). The van der Waals surface area contributed by atoms with Gasteiger partial charge in [0.2, 0.25) is 5.91 Å². The number of rotatable bonds is 3. The summed E-state index contributed by atoms with van der Waals surface area (Å²) in [6.45, 7) is 1.83. The van der Waals surface area contributed by atoms with Crippen molar-refractivity contribution in [2.24, 2.45) is 0 Å². The minimum Gasteiger partial charge on any atom is -0.325 e. The third kappa shape index (κ3) is 2.89. The van der Waals surface area contributed by atoms with Crippen LogP contribution in [0.5, 0.6) is 0 Å². The van der Waals surface area contributed by atoms with Gasteiger partial charge in [-0.2, -0.15) is 0 Å². The van der Waals surface area contributed by atoms with Gasteiger partial charge in [-0.3, -0.25) is 4.79 Å². The Morgan fingerprint density at radius 1 is 1.17 bits per heavy atom. The van der Waals surface area contributed by atoms with E-state index in [9.17, 15) is 4.79 Å². The van der Waals surface area contributed by atoms with Crippen molar-refractivity contribution >= 4 is 38.3 Å².